The molecule has 2 atom stereocenters. The summed E-state index contributed by atoms with van der Waals surface area (Å²) in [5.74, 6) is 0.686. The second-order valence-corrected chi connectivity index (χ2v) is 5.26. The summed E-state index contributed by atoms with van der Waals surface area (Å²) in [5.41, 5.74) is 1.30. The van der Waals surface area contributed by atoms with Crippen molar-refractivity contribution in [1.82, 2.24) is 15.2 Å². The molecule has 1 aromatic heterocycles. The van der Waals surface area contributed by atoms with Crippen LogP contribution in [-0.2, 0) is 11.3 Å². The summed E-state index contributed by atoms with van der Waals surface area (Å²) in [5, 5.41) is 3.42. The second-order valence-electron chi connectivity index (χ2n) is 5.26. The number of nitrogens with one attached hydrogen (secondary N) is 1. The standard InChI is InChI=1S/C14H21N3O/c1-2-12(8-15-4-1)10-17-6-7-18-14-9-16-5-3-13(14)11-17/h1-2,4,8,13-14,16H,3,5-7,9-11H2/t13-,14-/m1/s1. The van der Waals surface area contributed by atoms with E-state index in [1.807, 2.05) is 18.5 Å². The lowest BCUT2D eigenvalue weighted by molar-refractivity contribution is 0.0179. The summed E-state index contributed by atoms with van der Waals surface area (Å²) >= 11 is 0. The predicted octanol–water partition coefficient (Wildman–Crippen LogP) is 0.892. The average molecular weight is 247 g/mol. The molecule has 3 rings (SSSR count). The molecule has 0 saturated carbocycles. The zero-order valence-corrected chi connectivity index (χ0v) is 10.7. The smallest absolute Gasteiger partial charge is 0.0740 e. The van der Waals surface area contributed by atoms with E-state index in [0.717, 1.165) is 39.3 Å². The van der Waals surface area contributed by atoms with Gasteiger partial charge in [-0.15, -0.1) is 0 Å². The molecule has 18 heavy (non-hydrogen) atoms. The number of fused-ring (bicyclic) bond motifs is 1. The van der Waals surface area contributed by atoms with E-state index in [-0.39, 0.29) is 0 Å². The Kier molecular flexibility index (Phi) is 3.88. The van der Waals surface area contributed by atoms with E-state index in [9.17, 15) is 0 Å². The average Bonchev–Trinajstić information content (AvgIpc) is 2.61. The van der Waals surface area contributed by atoms with Crippen molar-refractivity contribution in [3.05, 3.63) is 30.1 Å². The summed E-state index contributed by atoms with van der Waals surface area (Å²) in [7, 11) is 0. The third-order valence-corrected chi connectivity index (χ3v) is 3.92. The third-order valence-electron chi connectivity index (χ3n) is 3.92. The van der Waals surface area contributed by atoms with Gasteiger partial charge >= 0.3 is 0 Å². The Morgan fingerprint density at radius 3 is 3.39 bits per heavy atom. The minimum absolute atomic E-state index is 0.414. The molecule has 0 amide bonds. The maximum absolute atomic E-state index is 5.96. The maximum atomic E-state index is 5.96. The maximum Gasteiger partial charge on any atom is 0.0740 e. The molecule has 3 heterocycles. The Bertz CT molecular complexity index is 371. The Morgan fingerprint density at radius 2 is 2.50 bits per heavy atom. The van der Waals surface area contributed by atoms with Crippen LogP contribution in [-0.4, -0.2) is 48.8 Å². The van der Waals surface area contributed by atoms with Crippen LogP contribution in [0.3, 0.4) is 0 Å². The largest absolute Gasteiger partial charge is 0.375 e. The normalized spacial score (nSPS) is 29.6. The van der Waals surface area contributed by atoms with Gasteiger partial charge in [-0.3, -0.25) is 9.88 Å². The van der Waals surface area contributed by atoms with Crippen LogP contribution < -0.4 is 5.32 Å². The number of hydrogen-bond donors (Lipinski definition) is 1. The van der Waals surface area contributed by atoms with Gasteiger partial charge < -0.3 is 10.1 Å². The van der Waals surface area contributed by atoms with Crippen molar-refractivity contribution >= 4 is 0 Å². The molecule has 0 spiro atoms. The van der Waals surface area contributed by atoms with Gasteiger partial charge in [-0.2, -0.15) is 0 Å². The SMILES string of the molecule is c1cncc(CN2CCO[C@@H]3CNCC[C@@H]3C2)c1. The fraction of sp³-hybridized carbons (Fsp3) is 0.643. The molecule has 0 radical (unpaired) electrons. The summed E-state index contributed by atoms with van der Waals surface area (Å²) in [6.45, 7) is 6.18. The van der Waals surface area contributed by atoms with Crippen molar-refractivity contribution in [2.24, 2.45) is 5.92 Å². The first-order chi connectivity index (χ1) is 8.92. The van der Waals surface area contributed by atoms with Crippen molar-refractivity contribution in [2.75, 3.05) is 32.8 Å². The molecule has 0 unspecified atom stereocenters. The number of rotatable bonds is 2. The van der Waals surface area contributed by atoms with E-state index in [2.05, 4.69) is 21.3 Å². The summed E-state index contributed by atoms with van der Waals surface area (Å²) in [6.07, 6.45) is 5.44. The van der Waals surface area contributed by atoms with E-state index < -0.39 is 0 Å². The third kappa shape index (κ3) is 2.88. The molecule has 2 aliphatic heterocycles. The zero-order chi connectivity index (χ0) is 12.2. The quantitative estimate of drug-likeness (QED) is 0.842. The predicted molar refractivity (Wildman–Crippen MR) is 70.2 cm³/mol. The van der Waals surface area contributed by atoms with Gasteiger partial charge in [0.2, 0.25) is 0 Å². The lowest BCUT2D eigenvalue weighted by Gasteiger charge is -2.31. The molecule has 2 fully saturated rings. The number of aromatic nitrogens is 1. The minimum atomic E-state index is 0.414. The van der Waals surface area contributed by atoms with Gasteiger partial charge in [0.15, 0.2) is 0 Å². The molecule has 4 nitrogen and oxygen atoms in total. The minimum Gasteiger partial charge on any atom is -0.375 e. The monoisotopic (exact) mass is 247 g/mol. The molecule has 1 aromatic rings. The van der Waals surface area contributed by atoms with Gasteiger partial charge in [0, 0.05) is 44.5 Å². The molecule has 2 aliphatic rings. The van der Waals surface area contributed by atoms with E-state index in [4.69, 9.17) is 4.74 Å². The van der Waals surface area contributed by atoms with Gasteiger partial charge in [0.1, 0.15) is 0 Å². The first-order valence-electron chi connectivity index (χ1n) is 6.85. The summed E-state index contributed by atoms with van der Waals surface area (Å²) < 4.78 is 5.96. The van der Waals surface area contributed by atoms with Gasteiger partial charge in [-0.1, -0.05) is 6.07 Å². The Morgan fingerprint density at radius 1 is 1.50 bits per heavy atom. The van der Waals surface area contributed by atoms with Crippen LogP contribution in [0.5, 0.6) is 0 Å². The summed E-state index contributed by atoms with van der Waals surface area (Å²) in [4.78, 5) is 6.69. The molecule has 0 bridgehead atoms. The Hall–Kier alpha value is -0.970. The van der Waals surface area contributed by atoms with Gasteiger partial charge in [-0.25, -0.2) is 0 Å². The second kappa shape index (κ2) is 5.78. The van der Waals surface area contributed by atoms with Crippen LogP contribution in [0.4, 0.5) is 0 Å². The zero-order valence-electron chi connectivity index (χ0n) is 10.7. The number of piperidine rings is 1. The number of pyridine rings is 1. The Balaban J connectivity index is 1.63. The van der Waals surface area contributed by atoms with Crippen LogP contribution in [0.25, 0.3) is 0 Å². The van der Waals surface area contributed by atoms with Crippen LogP contribution >= 0.6 is 0 Å². The molecular weight excluding hydrogens is 226 g/mol. The first-order valence-corrected chi connectivity index (χ1v) is 6.85. The highest BCUT2D eigenvalue weighted by Gasteiger charge is 2.29. The number of nitrogens with zero attached hydrogens (tertiary/aromatic N) is 2. The highest BCUT2D eigenvalue weighted by atomic mass is 16.5. The van der Waals surface area contributed by atoms with Gasteiger partial charge in [0.05, 0.1) is 12.7 Å². The van der Waals surface area contributed by atoms with Crippen molar-refractivity contribution < 1.29 is 4.74 Å². The van der Waals surface area contributed by atoms with Crippen LogP contribution in [0.15, 0.2) is 24.5 Å². The molecule has 4 heteroatoms. The highest BCUT2D eigenvalue weighted by molar-refractivity contribution is 5.08. The Labute approximate surface area is 108 Å². The van der Waals surface area contributed by atoms with Crippen molar-refractivity contribution in [3.8, 4) is 0 Å². The van der Waals surface area contributed by atoms with Crippen molar-refractivity contribution in [1.29, 1.82) is 0 Å². The van der Waals surface area contributed by atoms with Crippen molar-refractivity contribution in [3.63, 3.8) is 0 Å². The number of ether oxygens (including phenoxy) is 1. The fourth-order valence-corrected chi connectivity index (χ4v) is 2.94. The first kappa shape index (κ1) is 12.1. The molecule has 0 aromatic carbocycles. The van der Waals surface area contributed by atoms with E-state index in [1.165, 1.54) is 12.0 Å². The van der Waals surface area contributed by atoms with E-state index in [0.29, 0.717) is 12.0 Å². The van der Waals surface area contributed by atoms with Crippen LogP contribution in [0.2, 0.25) is 0 Å². The number of hydrogen-bond acceptors (Lipinski definition) is 4. The molecule has 0 aliphatic carbocycles. The summed E-state index contributed by atoms with van der Waals surface area (Å²) in [6, 6.07) is 4.16. The highest BCUT2D eigenvalue weighted by Crippen LogP contribution is 2.21. The van der Waals surface area contributed by atoms with Gasteiger partial charge in [-0.05, 0) is 24.6 Å². The van der Waals surface area contributed by atoms with E-state index in [1.54, 1.807) is 0 Å². The molecule has 98 valence electrons. The van der Waals surface area contributed by atoms with Crippen LogP contribution in [0, 0.1) is 5.92 Å². The lowest BCUT2D eigenvalue weighted by atomic mass is 9.94. The van der Waals surface area contributed by atoms with E-state index >= 15 is 0 Å². The topological polar surface area (TPSA) is 37.4 Å². The van der Waals surface area contributed by atoms with Gasteiger partial charge in [0.25, 0.3) is 0 Å². The molecular formula is C14H21N3O. The lowest BCUT2D eigenvalue weighted by Crippen LogP contribution is -2.44. The molecule has 2 saturated heterocycles. The molecule has 1 N–H and O–H groups in total. The fourth-order valence-electron chi connectivity index (χ4n) is 2.94. The van der Waals surface area contributed by atoms with Crippen molar-refractivity contribution in [2.45, 2.75) is 19.1 Å². The van der Waals surface area contributed by atoms with Crippen LogP contribution in [0.1, 0.15) is 12.0 Å².